The van der Waals surface area contributed by atoms with Crippen molar-refractivity contribution in [3.05, 3.63) is 29.0 Å². The van der Waals surface area contributed by atoms with Gasteiger partial charge >= 0.3 is 0 Å². The Morgan fingerprint density at radius 1 is 1.67 bits per heavy atom. The van der Waals surface area contributed by atoms with E-state index in [4.69, 9.17) is 22.4 Å². The van der Waals surface area contributed by atoms with Crippen molar-refractivity contribution in [3.63, 3.8) is 0 Å². The Morgan fingerprint density at radius 2 is 2.33 bits per heavy atom. The van der Waals surface area contributed by atoms with Gasteiger partial charge in [-0.15, -0.1) is 0 Å². The molecule has 1 atom stereocenters. The highest BCUT2D eigenvalue weighted by atomic mass is 35.5. The standard InChI is InChI=1S/C8H11ClN2O/c1-8(10,5-12)7-3-2-6(9)4-11-7/h2-4,12H,5,10H2,1H3/t8-/m0/s1. The fraction of sp³-hybridized carbons (Fsp3) is 0.375. The smallest absolute Gasteiger partial charge is 0.0789 e. The maximum Gasteiger partial charge on any atom is 0.0789 e. The van der Waals surface area contributed by atoms with Gasteiger partial charge in [-0.25, -0.2) is 0 Å². The summed E-state index contributed by atoms with van der Waals surface area (Å²) < 4.78 is 0. The van der Waals surface area contributed by atoms with Gasteiger partial charge in [0.15, 0.2) is 0 Å². The molecule has 0 aliphatic heterocycles. The van der Waals surface area contributed by atoms with Crippen LogP contribution in [-0.4, -0.2) is 16.7 Å². The van der Waals surface area contributed by atoms with Crippen molar-refractivity contribution in [2.24, 2.45) is 5.73 Å². The van der Waals surface area contributed by atoms with Crippen LogP contribution in [0.3, 0.4) is 0 Å². The molecule has 1 rings (SSSR count). The van der Waals surface area contributed by atoms with Crippen LogP contribution in [0.25, 0.3) is 0 Å². The zero-order valence-electron chi connectivity index (χ0n) is 6.79. The lowest BCUT2D eigenvalue weighted by Crippen LogP contribution is -2.37. The molecule has 1 heterocycles. The Morgan fingerprint density at radius 3 is 2.75 bits per heavy atom. The van der Waals surface area contributed by atoms with Crippen LogP contribution in [-0.2, 0) is 5.54 Å². The largest absolute Gasteiger partial charge is 0.394 e. The Labute approximate surface area is 76.2 Å². The molecule has 1 aromatic heterocycles. The molecule has 0 radical (unpaired) electrons. The number of hydrogen-bond donors (Lipinski definition) is 2. The summed E-state index contributed by atoms with van der Waals surface area (Å²) in [5, 5.41) is 9.48. The maximum atomic E-state index is 8.92. The summed E-state index contributed by atoms with van der Waals surface area (Å²) >= 11 is 5.64. The molecule has 0 bridgehead atoms. The topological polar surface area (TPSA) is 59.1 Å². The average Bonchev–Trinajstić information content (AvgIpc) is 2.05. The molecule has 0 unspecified atom stereocenters. The van der Waals surface area contributed by atoms with Crippen molar-refractivity contribution >= 4 is 11.6 Å². The third-order valence-electron chi connectivity index (χ3n) is 1.64. The van der Waals surface area contributed by atoms with Gasteiger partial charge in [-0.05, 0) is 19.1 Å². The molecule has 0 amide bonds. The third kappa shape index (κ3) is 1.94. The first-order valence-electron chi connectivity index (χ1n) is 3.58. The van der Waals surface area contributed by atoms with Crippen molar-refractivity contribution in [1.29, 1.82) is 0 Å². The van der Waals surface area contributed by atoms with E-state index in [0.717, 1.165) is 0 Å². The van der Waals surface area contributed by atoms with Gasteiger partial charge in [-0.1, -0.05) is 11.6 Å². The molecule has 0 saturated heterocycles. The minimum atomic E-state index is -0.787. The van der Waals surface area contributed by atoms with Gasteiger partial charge in [-0.3, -0.25) is 4.98 Å². The third-order valence-corrected chi connectivity index (χ3v) is 1.86. The summed E-state index contributed by atoms with van der Waals surface area (Å²) in [6, 6.07) is 3.41. The molecule has 3 nitrogen and oxygen atoms in total. The molecule has 66 valence electrons. The number of aromatic nitrogens is 1. The first-order valence-corrected chi connectivity index (χ1v) is 3.96. The molecule has 4 heteroatoms. The SMILES string of the molecule is C[C@](N)(CO)c1ccc(Cl)cn1. The number of nitrogens with two attached hydrogens (primary N) is 1. The van der Waals surface area contributed by atoms with E-state index >= 15 is 0 Å². The first kappa shape index (κ1) is 9.45. The van der Waals surface area contributed by atoms with E-state index in [-0.39, 0.29) is 6.61 Å². The summed E-state index contributed by atoms with van der Waals surface area (Å²) in [5.41, 5.74) is 5.58. The van der Waals surface area contributed by atoms with E-state index in [2.05, 4.69) is 4.98 Å². The van der Waals surface area contributed by atoms with Crippen molar-refractivity contribution in [3.8, 4) is 0 Å². The zero-order chi connectivity index (χ0) is 9.19. The van der Waals surface area contributed by atoms with Crippen molar-refractivity contribution in [1.82, 2.24) is 4.98 Å². The summed E-state index contributed by atoms with van der Waals surface area (Å²) in [7, 11) is 0. The van der Waals surface area contributed by atoms with Crippen LogP contribution in [0.15, 0.2) is 18.3 Å². The average molecular weight is 187 g/mol. The number of hydrogen-bond acceptors (Lipinski definition) is 3. The summed E-state index contributed by atoms with van der Waals surface area (Å²) in [6.07, 6.45) is 1.51. The van der Waals surface area contributed by atoms with Gasteiger partial charge in [0.1, 0.15) is 0 Å². The van der Waals surface area contributed by atoms with Crippen LogP contribution in [0, 0.1) is 0 Å². The molecular formula is C8H11ClN2O. The molecular weight excluding hydrogens is 176 g/mol. The van der Waals surface area contributed by atoms with Gasteiger partial charge in [0.05, 0.1) is 22.9 Å². The Kier molecular flexibility index (Phi) is 2.67. The molecule has 0 saturated carbocycles. The van der Waals surface area contributed by atoms with E-state index < -0.39 is 5.54 Å². The van der Waals surface area contributed by atoms with E-state index in [0.29, 0.717) is 10.7 Å². The fourth-order valence-corrected chi connectivity index (χ4v) is 0.906. The number of rotatable bonds is 2. The Balaban J connectivity index is 2.96. The lowest BCUT2D eigenvalue weighted by atomic mass is 10.0. The molecule has 3 N–H and O–H groups in total. The molecule has 1 aromatic rings. The predicted molar refractivity (Wildman–Crippen MR) is 47.9 cm³/mol. The highest BCUT2D eigenvalue weighted by Crippen LogP contribution is 2.15. The van der Waals surface area contributed by atoms with Gasteiger partial charge in [0.25, 0.3) is 0 Å². The summed E-state index contributed by atoms with van der Waals surface area (Å²) in [4.78, 5) is 4.00. The highest BCUT2D eigenvalue weighted by Gasteiger charge is 2.20. The van der Waals surface area contributed by atoms with Crippen LogP contribution >= 0.6 is 11.6 Å². The summed E-state index contributed by atoms with van der Waals surface area (Å²) in [5.74, 6) is 0. The van der Waals surface area contributed by atoms with Crippen LogP contribution in [0.1, 0.15) is 12.6 Å². The fourth-order valence-electron chi connectivity index (χ4n) is 0.795. The molecule has 12 heavy (non-hydrogen) atoms. The molecule has 0 fully saturated rings. The zero-order valence-corrected chi connectivity index (χ0v) is 7.54. The normalized spacial score (nSPS) is 15.7. The lowest BCUT2D eigenvalue weighted by molar-refractivity contribution is 0.207. The molecule has 0 spiro atoms. The monoisotopic (exact) mass is 186 g/mol. The van der Waals surface area contributed by atoms with Gasteiger partial charge in [-0.2, -0.15) is 0 Å². The lowest BCUT2D eigenvalue weighted by Gasteiger charge is -2.20. The van der Waals surface area contributed by atoms with Crippen LogP contribution < -0.4 is 5.73 Å². The van der Waals surface area contributed by atoms with Crippen LogP contribution in [0.5, 0.6) is 0 Å². The Hall–Kier alpha value is -0.640. The quantitative estimate of drug-likeness (QED) is 0.722. The van der Waals surface area contributed by atoms with Gasteiger partial charge in [0.2, 0.25) is 0 Å². The van der Waals surface area contributed by atoms with Crippen molar-refractivity contribution in [2.75, 3.05) is 6.61 Å². The minimum Gasteiger partial charge on any atom is -0.394 e. The second-order valence-electron chi connectivity index (χ2n) is 2.94. The molecule has 0 aliphatic carbocycles. The van der Waals surface area contributed by atoms with Gasteiger partial charge in [0, 0.05) is 6.20 Å². The second kappa shape index (κ2) is 3.39. The van der Waals surface area contributed by atoms with Crippen LogP contribution in [0.4, 0.5) is 0 Å². The van der Waals surface area contributed by atoms with Crippen LogP contribution in [0.2, 0.25) is 5.02 Å². The van der Waals surface area contributed by atoms with Crippen molar-refractivity contribution < 1.29 is 5.11 Å². The molecule has 0 aromatic carbocycles. The number of halogens is 1. The number of aliphatic hydroxyl groups excluding tert-OH is 1. The Bertz CT molecular complexity index is 258. The maximum absolute atomic E-state index is 8.92. The van der Waals surface area contributed by atoms with Crippen molar-refractivity contribution in [2.45, 2.75) is 12.5 Å². The minimum absolute atomic E-state index is 0.137. The van der Waals surface area contributed by atoms with Gasteiger partial charge < -0.3 is 10.8 Å². The van der Waals surface area contributed by atoms with E-state index in [1.165, 1.54) is 6.20 Å². The summed E-state index contributed by atoms with van der Waals surface area (Å²) in [6.45, 7) is 1.57. The highest BCUT2D eigenvalue weighted by molar-refractivity contribution is 6.30. The second-order valence-corrected chi connectivity index (χ2v) is 3.37. The predicted octanol–water partition coefficient (Wildman–Crippen LogP) is 0.901. The molecule has 0 aliphatic rings. The van der Waals surface area contributed by atoms with E-state index in [9.17, 15) is 0 Å². The number of nitrogens with zero attached hydrogens (tertiary/aromatic N) is 1. The first-order chi connectivity index (χ1) is 5.56. The number of aliphatic hydroxyl groups is 1. The van der Waals surface area contributed by atoms with E-state index in [1.54, 1.807) is 19.1 Å². The number of pyridine rings is 1. The van der Waals surface area contributed by atoms with E-state index in [1.807, 2.05) is 0 Å².